The predicted molar refractivity (Wildman–Crippen MR) is 72.3 cm³/mol. The molecule has 2 aliphatic rings. The van der Waals surface area contributed by atoms with Crippen molar-refractivity contribution in [1.29, 1.82) is 0 Å². The number of aliphatic hydroxyl groups excluding tert-OH is 1. The summed E-state index contributed by atoms with van der Waals surface area (Å²) in [7, 11) is 1.55. The van der Waals surface area contributed by atoms with Gasteiger partial charge in [-0.3, -0.25) is 9.59 Å². The van der Waals surface area contributed by atoms with Crippen LogP contribution in [-0.4, -0.2) is 41.4 Å². The summed E-state index contributed by atoms with van der Waals surface area (Å²) in [5, 5.41) is 10.2. The van der Waals surface area contributed by atoms with Crippen LogP contribution in [0.5, 0.6) is 5.75 Å². The van der Waals surface area contributed by atoms with E-state index in [1.54, 1.807) is 36.3 Å². The predicted octanol–water partition coefficient (Wildman–Crippen LogP) is 1.54. The molecule has 104 valence electrons. The first-order valence-corrected chi connectivity index (χ1v) is 6.53. The average Bonchev–Trinajstić information content (AvgIpc) is 3.25. The highest BCUT2D eigenvalue weighted by atomic mass is 16.5. The number of hydrogen-bond donors (Lipinski definition) is 1. The molecular weight excluding hydrogens is 258 g/mol. The molecule has 0 aromatic heterocycles. The molecule has 0 unspecified atom stereocenters. The van der Waals surface area contributed by atoms with E-state index in [4.69, 9.17) is 4.74 Å². The molecule has 5 nitrogen and oxygen atoms in total. The maximum absolute atomic E-state index is 12.2. The van der Waals surface area contributed by atoms with Crippen LogP contribution < -0.4 is 4.74 Å². The highest BCUT2D eigenvalue weighted by Crippen LogP contribution is 2.33. The fraction of sp³-hybridized carbons (Fsp3) is 0.333. The Hall–Kier alpha value is -2.30. The minimum atomic E-state index is -0.356. The third-order valence-corrected chi connectivity index (χ3v) is 3.66. The first kappa shape index (κ1) is 12.7. The van der Waals surface area contributed by atoms with Gasteiger partial charge in [0, 0.05) is 11.6 Å². The van der Waals surface area contributed by atoms with E-state index in [0.717, 1.165) is 12.8 Å². The van der Waals surface area contributed by atoms with Crippen LogP contribution in [-0.2, 0) is 9.59 Å². The average molecular weight is 273 g/mol. The van der Waals surface area contributed by atoms with E-state index >= 15 is 0 Å². The van der Waals surface area contributed by atoms with Gasteiger partial charge >= 0.3 is 0 Å². The Morgan fingerprint density at radius 1 is 1.25 bits per heavy atom. The molecule has 0 atom stereocenters. The molecule has 1 aromatic rings. The van der Waals surface area contributed by atoms with E-state index in [0.29, 0.717) is 11.3 Å². The lowest BCUT2D eigenvalue weighted by Crippen LogP contribution is -2.27. The maximum Gasteiger partial charge on any atom is 0.262 e. The van der Waals surface area contributed by atoms with Crippen LogP contribution in [0.15, 0.2) is 29.8 Å². The van der Waals surface area contributed by atoms with Crippen LogP contribution in [0.4, 0.5) is 0 Å². The van der Waals surface area contributed by atoms with E-state index in [-0.39, 0.29) is 35.6 Å². The Morgan fingerprint density at radius 2 is 1.90 bits per heavy atom. The number of rotatable bonds is 3. The summed E-state index contributed by atoms with van der Waals surface area (Å²) in [6.45, 7) is 0.0824. The topological polar surface area (TPSA) is 66.8 Å². The fourth-order valence-electron chi connectivity index (χ4n) is 2.38. The zero-order valence-corrected chi connectivity index (χ0v) is 11.1. The number of benzene rings is 1. The molecule has 0 radical (unpaired) electrons. The summed E-state index contributed by atoms with van der Waals surface area (Å²) in [5.74, 6) is -0.262. The molecule has 2 fully saturated rings. The van der Waals surface area contributed by atoms with Crippen molar-refractivity contribution in [1.82, 2.24) is 4.90 Å². The Balaban J connectivity index is 1.94. The summed E-state index contributed by atoms with van der Waals surface area (Å²) in [4.78, 5) is 25.7. The van der Waals surface area contributed by atoms with E-state index in [2.05, 4.69) is 0 Å². The van der Waals surface area contributed by atoms with Gasteiger partial charge in [-0.2, -0.15) is 0 Å². The van der Waals surface area contributed by atoms with Gasteiger partial charge in [-0.25, -0.2) is 0 Å². The summed E-state index contributed by atoms with van der Waals surface area (Å²) >= 11 is 0. The van der Waals surface area contributed by atoms with Crippen LogP contribution in [0.2, 0.25) is 0 Å². The monoisotopic (exact) mass is 273 g/mol. The SMILES string of the molecule is COc1ccc(/C(O)=C2\C(=O)CN(C3CC3)C2=O)cc1. The lowest BCUT2D eigenvalue weighted by atomic mass is 10.1. The number of methoxy groups -OCH3 is 1. The van der Waals surface area contributed by atoms with Crippen LogP contribution in [0.1, 0.15) is 18.4 Å². The maximum atomic E-state index is 12.2. The summed E-state index contributed by atoms with van der Waals surface area (Å²) in [6.07, 6.45) is 1.88. The largest absolute Gasteiger partial charge is 0.506 e. The Labute approximate surface area is 116 Å². The number of ketones is 1. The smallest absolute Gasteiger partial charge is 0.262 e. The number of carbonyl (C=O) groups excluding carboxylic acids is 2. The number of carbonyl (C=O) groups is 2. The molecule has 1 aromatic carbocycles. The number of amides is 1. The summed E-state index contributed by atoms with van der Waals surface area (Å²) in [6, 6.07) is 6.78. The Kier molecular flexibility index (Phi) is 2.97. The molecule has 1 amide bonds. The van der Waals surface area contributed by atoms with Crippen molar-refractivity contribution in [3.8, 4) is 5.75 Å². The van der Waals surface area contributed by atoms with Gasteiger partial charge in [0.2, 0.25) is 0 Å². The molecule has 1 aliphatic carbocycles. The quantitative estimate of drug-likeness (QED) is 0.515. The van der Waals surface area contributed by atoms with Gasteiger partial charge in [0.05, 0.1) is 13.7 Å². The van der Waals surface area contributed by atoms with Crippen molar-refractivity contribution in [2.45, 2.75) is 18.9 Å². The number of hydrogen-bond acceptors (Lipinski definition) is 4. The fourth-order valence-corrected chi connectivity index (χ4v) is 2.38. The number of nitrogens with zero attached hydrogens (tertiary/aromatic N) is 1. The van der Waals surface area contributed by atoms with Crippen LogP contribution in [0, 0.1) is 0 Å². The minimum absolute atomic E-state index is 0.0824. The van der Waals surface area contributed by atoms with Crippen molar-refractivity contribution < 1.29 is 19.4 Å². The molecule has 0 spiro atoms. The van der Waals surface area contributed by atoms with Gasteiger partial charge in [-0.05, 0) is 37.1 Å². The minimum Gasteiger partial charge on any atom is -0.506 e. The lowest BCUT2D eigenvalue weighted by molar-refractivity contribution is -0.125. The molecule has 1 saturated heterocycles. The van der Waals surface area contributed by atoms with E-state index in [9.17, 15) is 14.7 Å². The molecule has 20 heavy (non-hydrogen) atoms. The standard InChI is InChI=1S/C15H15NO4/c1-20-11-6-2-9(3-7-11)14(18)13-12(17)8-16(15(13)19)10-4-5-10/h2-3,6-7,10,18H,4-5,8H2,1H3/b14-13-. The van der Waals surface area contributed by atoms with Gasteiger partial charge in [0.25, 0.3) is 5.91 Å². The molecule has 1 N–H and O–H groups in total. The summed E-state index contributed by atoms with van der Waals surface area (Å²) < 4.78 is 5.03. The Morgan fingerprint density at radius 3 is 2.45 bits per heavy atom. The number of ether oxygens (including phenoxy) is 1. The first-order valence-electron chi connectivity index (χ1n) is 6.53. The van der Waals surface area contributed by atoms with Crippen LogP contribution in [0.25, 0.3) is 5.76 Å². The number of Topliss-reactive ketones (excluding diaryl/α,β-unsaturated/α-hetero) is 1. The van der Waals surface area contributed by atoms with Crippen molar-refractivity contribution in [2.24, 2.45) is 0 Å². The van der Waals surface area contributed by atoms with Crippen LogP contribution in [0.3, 0.4) is 0 Å². The van der Waals surface area contributed by atoms with Crippen molar-refractivity contribution in [3.05, 3.63) is 35.4 Å². The molecular formula is C15H15NO4. The normalized spacial score (nSPS) is 21.4. The second kappa shape index (κ2) is 4.67. The molecule has 1 aliphatic heterocycles. The molecule has 1 heterocycles. The van der Waals surface area contributed by atoms with Crippen LogP contribution >= 0.6 is 0 Å². The second-order valence-electron chi connectivity index (χ2n) is 5.04. The number of aliphatic hydroxyl groups is 1. The highest BCUT2D eigenvalue weighted by Gasteiger charge is 2.43. The highest BCUT2D eigenvalue weighted by molar-refractivity contribution is 6.28. The van der Waals surface area contributed by atoms with Crippen molar-refractivity contribution in [2.75, 3.05) is 13.7 Å². The van der Waals surface area contributed by atoms with E-state index in [1.165, 1.54) is 0 Å². The molecule has 3 rings (SSSR count). The van der Waals surface area contributed by atoms with Crippen molar-refractivity contribution in [3.63, 3.8) is 0 Å². The third-order valence-electron chi connectivity index (χ3n) is 3.66. The third kappa shape index (κ3) is 2.05. The van der Waals surface area contributed by atoms with E-state index < -0.39 is 0 Å². The molecule has 0 bridgehead atoms. The van der Waals surface area contributed by atoms with Gasteiger partial charge in [-0.1, -0.05) is 0 Å². The molecule has 1 saturated carbocycles. The van der Waals surface area contributed by atoms with Gasteiger partial charge < -0.3 is 14.7 Å². The van der Waals surface area contributed by atoms with E-state index in [1.807, 2.05) is 0 Å². The van der Waals surface area contributed by atoms with Gasteiger partial charge in [-0.15, -0.1) is 0 Å². The summed E-state index contributed by atoms with van der Waals surface area (Å²) in [5.41, 5.74) is 0.349. The van der Waals surface area contributed by atoms with Crippen molar-refractivity contribution >= 4 is 17.4 Å². The van der Waals surface area contributed by atoms with Gasteiger partial charge in [0.15, 0.2) is 5.78 Å². The lowest BCUT2D eigenvalue weighted by Gasteiger charge is -2.12. The zero-order chi connectivity index (χ0) is 14.3. The first-order chi connectivity index (χ1) is 9.61. The zero-order valence-electron chi connectivity index (χ0n) is 11.1. The van der Waals surface area contributed by atoms with Gasteiger partial charge in [0.1, 0.15) is 17.1 Å². The second-order valence-corrected chi connectivity index (χ2v) is 5.04. The Bertz CT molecular complexity index is 599. The number of likely N-dealkylation sites (tertiary alicyclic amines) is 1. The molecule has 5 heteroatoms.